The molecular formula is C14H18N2O4. The molecule has 20 heavy (non-hydrogen) atoms. The minimum Gasteiger partial charge on any atom is -0.492 e. The lowest BCUT2D eigenvalue weighted by Crippen LogP contribution is -2.42. The van der Waals surface area contributed by atoms with Gasteiger partial charge in [0.05, 0.1) is 11.6 Å². The number of amides is 1. The average molecular weight is 278 g/mol. The first-order chi connectivity index (χ1) is 9.58. The van der Waals surface area contributed by atoms with Crippen molar-refractivity contribution in [3.8, 4) is 5.75 Å². The van der Waals surface area contributed by atoms with Gasteiger partial charge in [-0.1, -0.05) is 0 Å². The van der Waals surface area contributed by atoms with Crippen LogP contribution in [0.5, 0.6) is 5.75 Å². The first kappa shape index (κ1) is 14.3. The molecule has 0 saturated carbocycles. The number of nitrogens with two attached hydrogens (primary N) is 1. The molecule has 1 saturated heterocycles. The number of benzene rings is 1. The van der Waals surface area contributed by atoms with E-state index in [1.54, 1.807) is 12.1 Å². The zero-order valence-corrected chi connectivity index (χ0v) is 11.1. The fourth-order valence-corrected chi connectivity index (χ4v) is 2.39. The van der Waals surface area contributed by atoms with Gasteiger partial charge in [-0.05, 0) is 43.7 Å². The molecule has 1 heterocycles. The van der Waals surface area contributed by atoms with Crippen molar-refractivity contribution in [2.45, 2.75) is 18.9 Å². The van der Waals surface area contributed by atoms with Gasteiger partial charge < -0.3 is 15.6 Å². The van der Waals surface area contributed by atoms with Crippen LogP contribution in [-0.4, -0.2) is 47.6 Å². The van der Waals surface area contributed by atoms with Gasteiger partial charge in [0.15, 0.2) is 0 Å². The monoisotopic (exact) mass is 278 g/mol. The second kappa shape index (κ2) is 6.38. The van der Waals surface area contributed by atoms with Crippen LogP contribution in [0.4, 0.5) is 0 Å². The lowest BCUT2D eigenvalue weighted by molar-refractivity contribution is -0.122. The summed E-state index contributed by atoms with van der Waals surface area (Å²) in [5.41, 5.74) is 5.57. The van der Waals surface area contributed by atoms with Gasteiger partial charge in [0.1, 0.15) is 12.4 Å². The van der Waals surface area contributed by atoms with Crippen LogP contribution in [0, 0.1) is 0 Å². The second-order valence-electron chi connectivity index (χ2n) is 4.77. The van der Waals surface area contributed by atoms with Crippen molar-refractivity contribution < 1.29 is 19.4 Å². The molecule has 1 atom stereocenters. The summed E-state index contributed by atoms with van der Waals surface area (Å²) in [6.07, 6.45) is 1.78. The predicted octanol–water partition coefficient (Wildman–Crippen LogP) is 0.713. The Morgan fingerprint density at radius 1 is 1.35 bits per heavy atom. The van der Waals surface area contributed by atoms with Crippen LogP contribution in [0.3, 0.4) is 0 Å². The topological polar surface area (TPSA) is 92.9 Å². The van der Waals surface area contributed by atoms with Crippen LogP contribution in [0.2, 0.25) is 0 Å². The van der Waals surface area contributed by atoms with Crippen LogP contribution in [0.25, 0.3) is 0 Å². The Morgan fingerprint density at radius 3 is 2.65 bits per heavy atom. The maximum absolute atomic E-state index is 11.2. The summed E-state index contributed by atoms with van der Waals surface area (Å²) in [5.74, 6) is -0.629. The molecule has 0 aliphatic carbocycles. The van der Waals surface area contributed by atoms with Crippen molar-refractivity contribution in [1.29, 1.82) is 0 Å². The van der Waals surface area contributed by atoms with Crippen molar-refractivity contribution in [2.24, 2.45) is 5.73 Å². The Morgan fingerprint density at radius 2 is 2.05 bits per heavy atom. The molecule has 1 amide bonds. The first-order valence-corrected chi connectivity index (χ1v) is 6.57. The summed E-state index contributed by atoms with van der Waals surface area (Å²) >= 11 is 0. The Kier molecular flexibility index (Phi) is 4.57. The number of rotatable bonds is 6. The Balaban J connectivity index is 1.81. The van der Waals surface area contributed by atoms with Crippen LogP contribution in [0.15, 0.2) is 24.3 Å². The molecule has 1 fully saturated rings. The standard InChI is InChI=1S/C14H18N2O4/c15-13(17)12-2-1-7-16(12)8-9-20-11-5-3-10(4-6-11)14(18)19/h3-6,12H,1-2,7-9H2,(H2,15,17)(H,18,19). The summed E-state index contributed by atoms with van der Waals surface area (Å²) < 4.78 is 5.54. The minimum absolute atomic E-state index is 0.187. The normalized spacial score (nSPS) is 18.9. The van der Waals surface area contributed by atoms with Crippen molar-refractivity contribution in [3.63, 3.8) is 0 Å². The van der Waals surface area contributed by atoms with Gasteiger partial charge in [-0.3, -0.25) is 9.69 Å². The lowest BCUT2D eigenvalue weighted by Gasteiger charge is -2.21. The summed E-state index contributed by atoms with van der Waals surface area (Å²) in [6, 6.07) is 6.06. The van der Waals surface area contributed by atoms with E-state index in [0.717, 1.165) is 19.4 Å². The van der Waals surface area contributed by atoms with Gasteiger partial charge in [0, 0.05) is 6.54 Å². The van der Waals surface area contributed by atoms with Gasteiger partial charge in [0.2, 0.25) is 5.91 Å². The highest BCUT2D eigenvalue weighted by Crippen LogP contribution is 2.17. The van der Waals surface area contributed by atoms with Crippen molar-refractivity contribution in [2.75, 3.05) is 19.7 Å². The molecule has 6 heteroatoms. The fraction of sp³-hybridized carbons (Fsp3) is 0.429. The summed E-state index contributed by atoms with van der Waals surface area (Å²) in [7, 11) is 0. The minimum atomic E-state index is -0.960. The number of hydrogen-bond acceptors (Lipinski definition) is 4. The molecular weight excluding hydrogens is 260 g/mol. The largest absolute Gasteiger partial charge is 0.492 e. The molecule has 3 N–H and O–H groups in total. The lowest BCUT2D eigenvalue weighted by atomic mass is 10.2. The Labute approximate surface area is 117 Å². The Bertz CT molecular complexity index is 486. The third kappa shape index (κ3) is 3.48. The number of carbonyl (C=O) groups is 2. The van der Waals surface area contributed by atoms with E-state index in [0.29, 0.717) is 18.9 Å². The van der Waals surface area contributed by atoms with E-state index in [-0.39, 0.29) is 17.5 Å². The molecule has 1 aliphatic heterocycles. The van der Waals surface area contributed by atoms with Crippen molar-refractivity contribution >= 4 is 11.9 Å². The van der Waals surface area contributed by atoms with Gasteiger partial charge in [0.25, 0.3) is 0 Å². The zero-order chi connectivity index (χ0) is 14.5. The number of hydrogen-bond donors (Lipinski definition) is 2. The number of primary amides is 1. The molecule has 6 nitrogen and oxygen atoms in total. The van der Waals surface area contributed by atoms with Crippen molar-refractivity contribution in [3.05, 3.63) is 29.8 Å². The fourth-order valence-electron chi connectivity index (χ4n) is 2.39. The number of carboxylic acid groups (broad SMARTS) is 1. The van der Waals surface area contributed by atoms with E-state index in [1.807, 2.05) is 4.90 Å². The first-order valence-electron chi connectivity index (χ1n) is 6.57. The van der Waals surface area contributed by atoms with Crippen LogP contribution in [0.1, 0.15) is 23.2 Å². The molecule has 1 aromatic rings. The summed E-state index contributed by atoms with van der Waals surface area (Å²) in [4.78, 5) is 24.0. The third-order valence-corrected chi connectivity index (χ3v) is 3.44. The number of aromatic carboxylic acids is 1. The highest BCUT2D eigenvalue weighted by Gasteiger charge is 2.28. The number of ether oxygens (including phenoxy) is 1. The molecule has 1 aliphatic rings. The third-order valence-electron chi connectivity index (χ3n) is 3.44. The van der Waals surface area contributed by atoms with Crippen LogP contribution >= 0.6 is 0 Å². The molecule has 1 aromatic carbocycles. The molecule has 0 radical (unpaired) electrons. The number of carbonyl (C=O) groups excluding carboxylic acids is 1. The molecule has 1 unspecified atom stereocenters. The average Bonchev–Trinajstić information content (AvgIpc) is 2.88. The molecule has 0 bridgehead atoms. The number of carboxylic acids is 1. The van der Waals surface area contributed by atoms with Gasteiger partial charge in [-0.15, -0.1) is 0 Å². The van der Waals surface area contributed by atoms with Gasteiger partial charge >= 0.3 is 5.97 Å². The zero-order valence-electron chi connectivity index (χ0n) is 11.1. The Hall–Kier alpha value is -2.08. The SMILES string of the molecule is NC(=O)C1CCCN1CCOc1ccc(C(=O)O)cc1. The van der Waals surface area contributed by atoms with E-state index in [4.69, 9.17) is 15.6 Å². The van der Waals surface area contributed by atoms with Crippen LogP contribution < -0.4 is 10.5 Å². The maximum atomic E-state index is 11.2. The van der Waals surface area contributed by atoms with Gasteiger partial charge in [-0.2, -0.15) is 0 Å². The molecule has 0 aromatic heterocycles. The highest BCUT2D eigenvalue weighted by atomic mass is 16.5. The number of nitrogens with zero attached hydrogens (tertiary/aromatic N) is 1. The smallest absolute Gasteiger partial charge is 0.335 e. The highest BCUT2D eigenvalue weighted by molar-refractivity contribution is 5.87. The van der Waals surface area contributed by atoms with E-state index >= 15 is 0 Å². The maximum Gasteiger partial charge on any atom is 0.335 e. The van der Waals surface area contributed by atoms with E-state index in [2.05, 4.69) is 0 Å². The number of likely N-dealkylation sites (tertiary alicyclic amines) is 1. The summed E-state index contributed by atoms with van der Waals surface area (Å²) in [6.45, 7) is 1.93. The van der Waals surface area contributed by atoms with E-state index in [1.165, 1.54) is 12.1 Å². The molecule has 2 rings (SSSR count). The van der Waals surface area contributed by atoms with Crippen molar-refractivity contribution in [1.82, 2.24) is 4.90 Å². The summed E-state index contributed by atoms with van der Waals surface area (Å²) in [5, 5.41) is 8.79. The van der Waals surface area contributed by atoms with Gasteiger partial charge in [-0.25, -0.2) is 4.79 Å². The van der Waals surface area contributed by atoms with Crippen LogP contribution in [-0.2, 0) is 4.79 Å². The molecule has 108 valence electrons. The second-order valence-corrected chi connectivity index (χ2v) is 4.77. The molecule has 0 spiro atoms. The van der Waals surface area contributed by atoms with E-state index in [9.17, 15) is 9.59 Å². The predicted molar refractivity (Wildman–Crippen MR) is 72.7 cm³/mol. The quantitative estimate of drug-likeness (QED) is 0.799. The van der Waals surface area contributed by atoms with E-state index < -0.39 is 5.97 Å².